The van der Waals surface area contributed by atoms with Crippen molar-refractivity contribution in [3.63, 3.8) is 0 Å². The number of ether oxygens (including phenoxy) is 1. The molecule has 0 aliphatic carbocycles. The fourth-order valence-electron chi connectivity index (χ4n) is 1.84. The van der Waals surface area contributed by atoms with Crippen molar-refractivity contribution in [1.29, 1.82) is 0 Å². The number of methoxy groups -OCH3 is 1. The Hall–Kier alpha value is -1.39. The molecule has 0 N–H and O–H groups in total. The van der Waals surface area contributed by atoms with Crippen LogP contribution in [-0.2, 0) is 6.42 Å². The number of halogens is 3. The lowest BCUT2D eigenvalue weighted by Crippen LogP contribution is -2.07. The number of hydrogen-bond acceptors (Lipinski definition) is 2. The van der Waals surface area contributed by atoms with E-state index in [1.165, 1.54) is 13.2 Å². The van der Waals surface area contributed by atoms with E-state index in [0.717, 1.165) is 4.47 Å². The predicted octanol–water partition coefficient (Wildman–Crippen LogP) is 4.68. The highest BCUT2D eigenvalue weighted by Crippen LogP contribution is 2.25. The zero-order valence-corrected chi connectivity index (χ0v) is 13.0. The first-order valence-corrected chi connectivity index (χ1v) is 6.99. The molecule has 0 atom stereocenters. The van der Waals surface area contributed by atoms with Gasteiger partial charge in [-0.25, -0.2) is 4.39 Å². The summed E-state index contributed by atoms with van der Waals surface area (Å²) in [4.78, 5) is 12.3. The summed E-state index contributed by atoms with van der Waals surface area (Å²) in [6.45, 7) is 0. The molecule has 104 valence electrons. The molecule has 2 aromatic carbocycles. The lowest BCUT2D eigenvalue weighted by atomic mass is 10.0. The summed E-state index contributed by atoms with van der Waals surface area (Å²) < 4.78 is 19.5. The van der Waals surface area contributed by atoms with Gasteiger partial charge >= 0.3 is 0 Å². The number of rotatable bonds is 4. The van der Waals surface area contributed by atoms with E-state index in [9.17, 15) is 9.18 Å². The van der Waals surface area contributed by atoms with E-state index in [1.54, 1.807) is 30.3 Å². The quantitative estimate of drug-likeness (QED) is 0.743. The highest BCUT2D eigenvalue weighted by molar-refractivity contribution is 9.10. The Labute approximate surface area is 129 Å². The molecule has 0 unspecified atom stereocenters. The van der Waals surface area contributed by atoms with Crippen LogP contribution in [0.5, 0.6) is 5.75 Å². The maximum absolute atomic E-state index is 13.7. The van der Waals surface area contributed by atoms with Crippen LogP contribution in [0, 0.1) is 5.82 Å². The van der Waals surface area contributed by atoms with Crippen LogP contribution in [0.4, 0.5) is 4.39 Å². The molecule has 0 saturated heterocycles. The minimum absolute atomic E-state index is 0.0384. The summed E-state index contributed by atoms with van der Waals surface area (Å²) in [7, 11) is 1.46. The lowest BCUT2D eigenvalue weighted by molar-refractivity contribution is 0.0989. The average Bonchev–Trinajstić information content (AvgIpc) is 2.42. The van der Waals surface area contributed by atoms with Gasteiger partial charge in [0.15, 0.2) is 5.78 Å². The number of carbonyl (C=O) groups excluding carboxylic acids is 1. The minimum atomic E-state index is -0.408. The van der Waals surface area contributed by atoms with Gasteiger partial charge in [0.05, 0.1) is 12.7 Å². The third kappa shape index (κ3) is 3.38. The molecule has 2 nitrogen and oxygen atoms in total. The van der Waals surface area contributed by atoms with Crippen molar-refractivity contribution in [2.45, 2.75) is 6.42 Å². The topological polar surface area (TPSA) is 26.3 Å². The van der Waals surface area contributed by atoms with Gasteiger partial charge in [0.1, 0.15) is 11.6 Å². The van der Waals surface area contributed by atoms with Gasteiger partial charge in [-0.15, -0.1) is 0 Å². The van der Waals surface area contributed by atoms with Crippen molar-refractivity contribution in [1.82, 2.24) is 0 Å². The molecular weight excluding hydrogens is 347 g/mol. The van der Waals surface area contributed by atoms with E-state index in [1.807, 2.05) is 0 Å². The van der Waals surface area contributed by atoms with E-state index in [-0.39, 0.29) is 12.2 Å². The molecule has 0 radical (unpaired) electrons. The predicted molar refractivity (Wildman–Crippen MR) is 80.1 cm³/mol. The third-order valence-electron chi connectivity index (χ3n) is 2.82. The Morgan fingerprint density at radius 1 is 1.30 bits per heavy atom. The second-order valence-electron chi connectivity index (χ2n) is 4.18. The van der Waals surface area contributed by atoms with Crippen molar-refractivity contribution in [2.24, 2.45) is 0 Å². The van der Waals surface area contributed by atoms with Crippen LogP contribution in [0.25, 0.3) is 0 Å². The molecule has 0 aliphatic rings. The maximum Gasteiger partial charge on any atom is 0.171 e. The Morgan fingerprint density at radius 2 is 2.05 bits per heavy atom. The van der Waals surface area contributed by atoms with Gasteiger partial charge in [-0.05, 0) is 42.0 Å². The third-order valence-corrected chi connectivity index (χ3v) is 3.55. The molecular formula is C15H11BrClFO2. The van der Waals surface area contributed by atoms with Crippen LogP contribution >= 0.6 is 27.5 Å². The zero-order valence-electron chi connectivity index (χ0n) is 10.6. The molecule has 0 spiro atoms. The van der Waals surface area contributed by atoms with Gasteiger partial charge < -0.3 is 4.74 Å². The SMILES string of the molecule is COc1cc(Cl)ccc1C(=O)Cc1cc(Br)ccc1F. The van der Waals surface area contributed by atoms with E-state index < -0.39 is 5.82 Å². The van der Waals surface area contributed by atoms with E-state index >= 15 is 0 Å². The lowest BCUT2D eigenvalue weighted by Gasteiger charge is -2.09. The van der Waals surface area contributed by atoms with Gasteiger partial charge in [-0.1, -0.05) is 27.5 Å². The van der Waals surface area contributed by atoms with Crippen LogP contribution in [0.1, 0.15) is 15.9 Å². The number of Topliss-reactive ketones (excluding diaryl/α,β-unsaturated/α-hetero) is 1. The number of ketones is 1. The van der Waals surface area contributed by atoms with Crippen LogP contribution in [0.2, 0.25) is 5.02 Å². The summed E-state index contributed by atoms with van der Waals surface area (Å²) in [5, 5.41) is 0.479. The second-order valence-corrected chi connectivity index (χ2v) is 5.53. The monoisotopic (exact) mass is 356 g/mol. The summed E-state index contributed by atoms with van der Waals surface area (Å²) in [5.41, 5.74) is 0.720. The van der Waals surface area contributed by atoms with E-state index in [4.69, 9.17) is 16.3 Å². The van der Waals surface area contributed by atoms with E-state index in [0.29, 0.717) is 21.9 Å². The maximum atomic E-state index is 13.7. The first kappa shape index (κ1) is 15.0. The first-order chi connectivity index (χ1) is 9.51. The van der Waals surface area contributed by atoms with Gasteiger partial charge in [0.2, 0.25) is 0 Å². The number of benzene rings is 2. The summed E-state index contributed by atoms with van der Waals surface area (Å²) in [6.07, 6.45) is -0.0384. The van der Waals surface area contributed by atoms with Crippen LogP contribution in [0.3, 0.4) is 0 Å². The van der Waals surface area contributed by atoms with Gasteiger partial charge in [-0.3, -0.25) is 4.79 Å². The first-order valence-electron chi connectivity index (χ1n) is 5.82. The highest BCUT2D eigenvalue weighted by Gasteiger charge is 2.15. The van der Waals surface area contributed by atoms with Gasteiger partial charge in [0, 0.05) is 15.9 Å². The normalized spacial score (nSPS) is 10.4. The van der Waals surface area contributed by atoms with Crippen molar-refractivity contribution in [3.05, 3.63) is 62.8 Å². The molecule has 0 fully saturated rings. The molecule has 2 aromatic rings. The zero-order chi connectivity index (χ0) is 14.7. The van der Waals surface area contributed by atoms with Crippen LogP contribution in [-0.4, -0.2) is 12.9 Å². The molecule has 0 saturated carbocycles. The highest BCUT2D eigenvalue weighted by atomic mass is 79.9. The molecule has 0 aromatic heterocycles. The standard InChI is InChI=1S/C15H11BrClFO2/c1-20-15-8-11(17)3-4-12(15)14(19)7-9-6-10(16)2-5-13(9)18/h2-6,8H,7H2,1H3. The summed E-state index contributed by atoms with van der Waals surface area (Å²) in [6, 6.07) is 9.26. The summed E-state index contributed by atoms with van der Waals surface area (Å²) >= 11 is 9.11. The average molecular weight is 358 g/mol. The molecule has 2 rings (SSSR count). The Balaban J connectivity index is 2.30. The van der Waals surface area contributed by atoms with E-state index in [2.05, 4.69) is 15.9 Å². The van der Waals surface area contributed by atoms with Crippen LogP contribution in [0.15, 0.2) is 40.9 Å². The van der Waals surface area contributed by atoms with Crippen molar-refractivity contribution < 1.29 is 13.9 Å². The number of carbonyl (C=O) groups is 1. The smallest absolute Gasteiger partial charge is 0.171 e. The molecule has 20 heavy (non-hydrogen) atoms. The van der Waals surface area contributed by atoms with Crippen molar-refractivity contribution in [3.8, 4) is 5.75 Å². The molecule has 0 aliphatic heterocycles. The van der Waals surface area contributed by atoms with Crippen molar-refractivity contribution >= 4 is 33.3 Å². The van der Waals surface area contributed by atoms with Crippen molar-refractivity contribution in [2.75, 3.05) is 7.11 Å². The van der Waals surface area contributed by atoms with Gasteiger partial charge in [-0.2, -0.15) is 0 Å². The van der Waals surface area contributed by atoms with Crippen LogP contribution < -0.4 is 4.74 Å². The largest absolute Gasteiger partial charge is 0.496 e. The fraction of sp³-hybridized carbons (Fsp3) is 0.133. The molecule has 0 heterocycles. The second kappa shape index (κ2) is 6.37. The minimum Gasteiger partial charge on any atom is -0.496 e. The summed E-state index contributed by atoms with van der Waals surface area (Å²) in [5.74, 6) is -0.247. The Morgan fingerprint density at radius 3 is 2.75 bits per heavy atom. The molecule has 5 heteroatoms. The fourth-order valence-corrected chi connectivity index (χ4v) is 2.41. The van der Waals surface area contributed by atoms with Gasteiger partial charge in [0.25, 0.3) is 0 Å². The molecule has 0 bridgehead atoms. The Bertz CT molecular complexity index is 658. The number of hydrogen-bond donors (Lipinski definition) is 0. The Kier molecular flexibility index (Phi) is 4.78. The molecule has 0 amide bonds.